The van der Waals surface area contributed by atoms with E-state index in [4.69, 9.17) is 42.4 Å². The molecule has 1 aliphatic heterocycles. The van der Waals surface area contributed by atoms with Gasteiger partial charge in [0.1, 0.15) is 5.75 Å². The summed E-state index contributed by atoms with van der Waals surface area (Å²) in [6.07, 6.45) is 0. The summed E-state index contributed by atoms with van der Waals surface area (Å²) in [7, 11) is 0. The summed E-state index contributed by atoms with van der Waals surface area (Å²) in [5.41, 5.74) is 2.50. The van der Waals surface area contributed by atoms with Gasteiger partial charge in [0.15, 0.2) is 4.34 Å². The van der Waals surface area contributed by atoms with Gasteiger partial charge < -0.3 is 24.8 Å². The molecule has 1 aliphatic rings. The fourth-order valence-corrected chi connectivity index (χ4v) is 5.74. The standard InChI is InChI=1S/C24H18Cl2N6OS2.C4H8O2/c1-2-33-18-11-12-19-20(13-18)34-24(29-19)35-23-31-21(27-16-7-3-14(25)4-8-16)30-22(32-23)28-17-9-5-15(26)6-10-17;1-2-6-4-3-5-1/h3-13H,2H2,1H3,(H2,27,28,30,31,32);1-4H2. The van der Waals surface area contributed by atoms with E-state index in [1.165, 1.54) is 11.8 Å². The van der Waals surface area contributed by atoms with Gasteiger partial charge >= 0.3 is 0 Å². The van der Waals surface area contributed by atoms with E-state index in [0.717, 1.165) is 58.1 Å². The number of hydrogen-bond donors (Lipinski definition) is 2. The third-order valence-electron chi connectivity index (χ3n) is 5.39. The number of rotatable bonds is 8. The molecule has 3 aromatic carbocycles. The van der Waals surface area contributed by atoms with E-state index in [2.05, 4.69) is 25.6 Å². The van der Waals surface area contributed by atoms with Crippen LogP contribution in [0, 0.1) is 0 Å². The first-order valence-corrected chi connectivity index (χ1v) is 15.1. The Morgan fingerprint density at radius 2 is 1.34 bits per heavy atom. The van der Waals surface area contributed by atoms with E-state index in [1.54, 1.807) is 35.6 Å². The lowest BCUT2D eigenvalue weighted by Crippen LogP contribution is -2.16. The molecule has 0 saturated carbocycles. The first-order chi connectivity index (χ1) is 20.0. The summed E-state index contributed by atoms with van der Waals surface area (Å²) < 4.78 is 17.3. The highest BCUT2D eigenvalue weighted by Gasteiger charge is 2.13. The van der Waals surface area contributed by atoms with Crippen LogP contribution in [0.3, 0.4) is 0 Å². The predicted molar refractivity (Wildman–Crippen MR) is 166 cm³/mol. The topological polar surface area (TPSA) is 103 Å². The molecule has 2 aromatic heterocycles. The fraction of sp³-hybridized carbons (Fsp3) is 0.214. The average molecular weight is 630 g/mol. The lowest BCUT2D eigenvalue weighted by molar-refractivity contribution is -0.0334. The molecule has 0 aliphatic carbocycles. The zero-order chi connectivity index (χ0) is 28.4. The lowest BCUT2D eigenvalue weighted by atomic mass is 10.3. The molecule has 3 heterocycles. The largest absolute Gasteiger partial charge is 0.494 e. The maximum absolute atomic E-state index is 6.01. The summed E-state index contributed by atoms with van der Waals surface area (Å²) in [5.74, 6) is 1.60. The quantitative estimate of drug-likeness (QED) is 0.176. The maximum Gasteiger partial charge on any atom is 0.233 e. The summed E-state index contributed by atoms with van der Waals surface area (Å²) in [6, 6.07) is 20.5. The van der Waals surface area contributed by atoms with Gasteiger partial charge in [-0.25, -0.2) is 4.98 Å². The Balaban J connectivity index is 0.000000500. The van der Waals surface area contributed by atoms with Gasteiger partial charge in [-0.1, -0.05) is 23.2 Å². The molecule has 0 bridgehead atoms. The minimum absolute atomic E-state index is 0.390. The minimum atomic E-state index is 0.390. The highest BCUT2D eigenvalue weighted by molar-refractivity contribution is 8.01. The average Bonchev–Trinajstić information content (AvgIpc) is 3.38. The lowest BCUT2D eigenvalue weighted by Gasteiger charge is -2.10. The van der Waals surface area contributed by atoms with Gasteiger partial charge in [-0.2, -0.15) is 15.0 Å². The second kappa shape index (κ2) is 14.6. The van der Waals surface area contributed by atoms with Crippen molar-refractivity contribution in [3.05, 3.63) is 76.8 Å². The molecule has 13 heteroatoms. The predicted octanol–water partition coefficient (Wildman–Crippen LogP) is 7.86. The van der Waals surface area contributed by atoms with Crippen molar-refractivity contribution in [1.82, 2.24) is 19.9 Å². The number of hydrogen-bond acceptors (Lipinski definition) is 11. The Hall–Kier alpha value is -3.19. The van der Waals surface area contributed by atoms with Crippen LogP contribution in [0.4, 0.5) is 23.3 Å². The van der Waals surface area contributed by atoms with E-state index < -0.39 is 0 Å². The van der Waals surface area contributed by atoms with Gasteiger partial charge in [-0.3, -0.25) is 0 Å². The molecule has 6 rings (SSSR count). The van der Waals surface area contributed by atoms with E-state index in [-0.39, 0.29) is 0 Å². The smallest absolute Gasteiger partial charge is 0.233 e. The highest BCUT2D eigenvalue weighted by Crippen LogP contribution is 2.35. The number of ether oxygens (including phenoxy) is 3. The molecule has 212 valence electrons. The fourth-order valence-electron chi connectivity index (χ4n) is 3.54. The van der Waals surface area contributed by atoms with E-state index in [0.29, 0.717) is 33.7 Å². The van der Waals surface area contributed by atoms with Crippen molar-refractivity contribution in [2.24, 2.45) is 0 Å². The number of nitrogens with one attached hydrogen (secondary N) is 2. The molecule has 5 aromatic rings. The van der Waals surface area contributed by atoms with Gasteiger partial charge in [0.2, 0.25) is 17.1 Å². The summed E-state index contributed by atoms with van der Waals surface area (Å²) in [5, 5.41) is 8.22. The number of fused-ring (bicyclic) bond motifs is 1. The SMILES string of the molecule is C1COCCO1.CCOc1ccc2nc(Sc3nc(Nc4ccc(Cl)cc4)nc(Nc4ccc(Cl)cc4)n3)sc2c1. The van der Waals surface area contributed by atoms with Crippen molar-refractivity contribution in [2.75, 3.05) is 43.7 Å². The molecule has 0 spiro atoms. The minimum Gasteiger partial charge on any atom is -0.494 e. The molecule has 0 atom stereocenters. The molecule has 2 N–H and O–H groups in total. The van der Waals surface area contributed by atoms with Gasteiger partial charge in [0.25, 0.3) is 0 Å². The monoisotopic (exact) mass is 628 g/mol. The number of benzene rings is 3. The molecular weight excluding hydrogens is 603 g/mol. The first-order valence-electron chi connectivity index (χ1n) is 12.7. The number of thiazole rings is 1. The van der Waals surface area contributed by atoms with Crippen LogP contribution >= 0.6 is 46.3 Å². The van der Waals surface area contributed by atoms with Gasteiger partial charge in [-0.15, -0.1) is 11.3 Å². The zero-order valence-corrected chi connectivity index (χ0v) is 25.1. The van der Waals surface area contributed by atoms with E-state index in [1.807, 2.05) is 49.4 Å². The molecule has 0 unspecified atom stereocenters. The number of nitrogens with zero attached hydrogens (tertiary/aromatic N) is 4. The number of halogens is 2. The molecular formula is C28H26Cl2N6O3S2. The Labute approximate surface area is 255 Å². The third kappa shape index (κ3) is 8.90. The van der Waals surface area contributed by atoms with Crippen LogP contribution < -0.4 is 15.4 Å². The van der Waals surface area contributed by atoms with Gasteiger partial charge in [0, 0.05) is 21.4 Å². The normalized spacial score (nSPS) is 12.9. The second-order valence-electron chi connectivity index (χ2n) is 8.40. The summed E-state index contributed by atoms with van der Waals surface area (Å²) >= 11 is 14.9. The van der Waals surface area contributed by atoms with Crippen molar-refractivity contribution in [3.8, 4) is 5.75 Å². The second-order valence-corrected chi connectivity index (χ2v) is 11.5. The van der Waals surface area contributed by atoms with Crippen LogP contribution in [0.5, 0.6) is 5.75 Å². The first kappa shape index (κ1) is 29.3. The van der Waals surface area contributed by atoms with Crippen LogP contribution in [0.15, 0.2) is 76.2 Å². The number of aromatic nitrogens is 4. The van der Waals surface area contributed by atoms with Gasteiger partial charge in [-0.05, 0) is 85.4 Å². The molecule has 1 saturated heterocycles. The van der Waals surface area contributed by atoms with Gasteiger partial charge in [0.05, 0.1) is 43.3 Å². The number of anilines is 4. The third-order valence-corrected chi connectivity index (χ3v) is 7.84. The molecule has 9 nitrogen and oxygen atoms in total. The molecule has 0 radical (unpaired) electrons. The van der Waals surface area contributed by atoms with Crippen LogP contribution in [0.25, 0.3) is 10.2 Å². The van der Waals surface area contributed by atoms with Crippen molar-refractivity contribution in [3.63, 3.8) is 0 Å². The van der Waals surface area contributed by atoms with Crippen molar-refractivity contribution < 1.29 is 14.2 Å². The molecule has 0 amide bonds. The zero-order valence-electron chi connectivity index (χ0n) is 22.0. The van der Waals surface area contributed by atoms with E-state index in [9.17, 15) is 0 Å². The Morgan fingerprint density at radius 3 is 1.85 bits per heavy atom. The Bertz CT molecular complexity index is 1490. The summed E-state index contributed by atoms with van der Waals surface area (Å²) in [6.45, 7) is 5.69. The Morgan fingerprint density at radius 1 is 0.780 bits per heavy atom. The summed E-state index contributed by atoms with van der Waals surface area (Å²) in [4.78, 5) is 18.4. The van der Waals surface area contributed by atoms with Crippen molar-refractivity contribution >= 4 is 79.8 Å². The van der Waals surface area contributed by atoms with Crippen molar-refractivity contribution in [1.29, 1.82) is 0 Å². The van der Waals surface area contributed by atoms with Crippen LogP contribution in [0.1, 0.15) is 6.92 Å². The van der Waals surface area contributed by atoms with E-state index >= 15 is 0 Å². The maximum atomic E-state index is 6.01. The van der Waals surface area contributed by atoms with Crippen LogP contribution in [-0.2, 0) is 9.47 Å². The van der Waals surface area contributed by atoms with Crippen LogP contribution in [-0.4, -0.2) is 53.0 Å². The molecule has 41 heavy (non-hydrogen) atoms. The molecule has 1 fully saturated rings. The highest BCUT2D eigenvalue weighted by atomic mass is 35.5. The Kier molecular flexibility index (Phi) is 10.5. The van der Waals surface area contributed by atoms with Crippen molar-refractivity contribution in [2.45, 2.75) is 16.4 Å². The van der Waals surface area contributed by atoms with Crippen LogP contribution in [0.2, 0.25) is 10.0 Å².